The van der Waals surface area contributed by atoms with Crippen LogP contribution in [0.5, 0.6) is 0 Å². The second-order valence-electron chi connectivity index (χ2n) is 1.95. The average Bonchev–Trinajstić information content (AvgIpc) is 2.48. The molecule has 0 saturated carbocycles. The van der Waals surface area contributed by atoms with E-state index in [1.54, 1.807) is 23.9 Å². The average molecular weight is 201 g/mol. The molecule has 0 amide bonds. The van der Waals surface area contributed by atoms with Crippen LogP contribution in [0.4, 0.5) is 5.00 Å². The molecule has 1 aromatic heterocycles. The molecule has 0 aliphatic rings. The molecule has 0 aliphatic heterocycles. The van der Waals surface area contributed by atoms with Crippen LogP contribution in [-0.2, 0) is 0 Å². The van der Waals surface area contributed by atoms with Crippen molar-refractivity contribution in [3.8, 4) is 0 Å². The van der Waals surface area contributed by atoms with Gasteiger partial charge in [0.1, 0.15) is 0 Å². The van der Waals surface area contributed by atoms with Gasteiger partial charge < -0.3 is 0 Å². The predicted octanol–water partition coefficient (Wildman–Crippen LogP) is 2.93. The summed E-state index contributed by atoms with van der Waals surface area (Å²) in [6.45, 7) is 3.57. The van der Waals surface area contributed by atoms with Crippen LogP contribution in [0.15, 0.2) is 29.0 Å². The molecule has 0 aliphatic carbocycles. The second kappa shape index (κ2) is 4.27. The lowest BCUT2D eigenvalue weighted by Gasteiger charge is -1.87. The number of nitro groups is 1. The van der Waals surface area contributed by atoms with Gasteiger partial charge in [-0.1, -0.05) is 17.4 Å². The first-order valence-electron chi connectivity index (χ1n) is 3.22. The summed E-state index contributed by atoms with van der Waals surface area (Å²) in [6, 6.07) is 3.28. The van der Waals surface area contributed by atoms with E-state index >= 15 is 0 Å². The Morgan fingerprint density at radius 1 is 1.75 bits per heavy atom. The third-order valence-electron chi connectivity index (χ3n) is 1.09. The zero-order valence-electron chi connectivity index (χ0n) is 6.23. The summed E-state index contributed by atoms with van der Waals surface area (Å²) in [5.41, 5.74) is 0. The molecule has 1 aromatic rings. The van der Waals surface area contributed by atoms with Gasteiger partial charge in [0.2, 0.25) is 0 Å². The van der Waals surface area contributed by atoms with Gasteiger partial charge in [-0.05, 0) is 6.07 Å². The van der Waals surface area contributed by atoms with Gasteiger partial charge in [0.15, 0.2) is 0 Å². The van der Waals surface area contributed by atoms with Crippen LogP contribution < -0.4 is 0 Å². The molecule has 0 fully saturated rings. The summed E-state index contributed by atoms with van der Waals surface area (Å²) >= 11 is 2.75. The highest BCUT2D eigenvalue weighted by Crippen LogP contribution is 2.31. The summed E-state index contributed by atoms with van der Waals surface area (Å²) in [5, 5.41) is 10.5. The summed E-state index contributed by atoms with van der Waals surface area (Å²) in [7, 11) is 0. The van der Waals surface area contributed by atoms with E-state index in [1.165, 1.54) is 17.4 Å². The van der Waals surface area contributed by atoms with Crippen molar-refractivity contribution >= 4 is 28.1 Å². The van der Waals surface area contributed by atoms with Crippen LogP contribution in [0.25, 0.3) is 0 Å². The smallest absolute Gasteiger partial charge is 0.258 e. The normalized spacial score (nSPS) is 9.67. The van der Waals surface area contributed by atoms with Gasteiger partial charge in [0.05, 0.1) is 9.13 Å². The van der Waals surface area contributed by atoms with E-state index < -0.39 is 0 Å². The monoisotopic (exact) mass is 201 g/mol. The molecule has 0 bridgehead atoms. The van der Waals surface area contributed by atoms with E-state index in [0.29, 0.717) is 0 Å². The molecule has 1 rings (SSSR count). The quantitative estimate of drug-likeness (QED) is 0.325. The second-order valence-corrected chi connectivity index (χ2v) is 4.33. The Bertz CT molecular complexity index is 295. The van der Waals surface area contributed by atoms with Crippen LogP contribution in [-0.4, -0.2) is 10.7 Å². The topological polar surface area (TPSA) is 43.1 Å². The summed E-state index contributed by atoms with van der Waals surface area (Å²) in [4.78, 5) is 9.90. The van der Waals surface area contributed by atoms with E-state index in [0.717, 1.165) is 9.96 Å². The number of hydrogen-bond acceptors (Lipinski definition) is 4. The van der Waals surface area contributed by atoms with Gasteiger partial charge in [0, 0.05) is 11.8 Å². The Hall–Kier alpha value is -0.810. The van der Waals surface area contributed by atoms with Crippen LogP contribution >= 0.6 is 23.1 Å². The predicted molar refractivity (Wildman–Crippen MR) is 51.9 cm³/mol. The molecule has 3 nitrogen and oxygen atoms in total. The van der Waals surface area contributed by atoms with Crippen LogP contribution in [0.3, 0.4) is 0 Å². The van der Waals surface area contributed by atoms with Crippen LogP contribution in [0, 0.1) is 10.1 Å². The summed E-state index contributed by atoms with van der Waals surface area (Å²) < 4.78 is 0.960. The first kappa shape index (κ1) is 9.28. The molecule has 0 aromatic carbocycles. The minimum atomic E-state index is -0.372. The van der Waals surface area contributed by atoms with Crippen molar-refractivity contribution in [2.75, 3.05) is 5.75 Å². The van der Waals surface area contributed by atoms with Crippen molar-refractivity contribution in [1.82, 2.24) is 0 Å². The molecule has 0 spiro atoms. The third-order valence-corrected chi connectivity index (χ3v) is 3.35. The molecule has 64 valence electrons. The van der Waals surface area contributed by atoms with Crippen LogP contribution in [0.1, 0.15) is 0 Å². The van der Waals surface area contributed by atoms with Crippen molar-refractivity contribution in [3.63, 3.8) is 0 Å². The SMILES string of the molecule is C=CCSc1ccc([N+](=O)[O-])s1. The zero-order valence-corrected chi connectivity index (χ0v) is 7.86. The highest BCUT2D eigenvalue weighted by molar-refractivity contribution is 8.01. The van der Waals surface area contributed by atoms with Crippen molar-refractivity contribution in [2.45, 2.75) is 4.21 Å². The van der Waals surface area contributed by atoms with Gasteiger partial charge in [0.25, 0.3) is 0 Å². The van der Waals surface area contributed by atoms with Crippen molar-refractivity contribution < 1.29 is 4.92 Å². The standard InChI is InChI=1S/C7H7NO2S2/c1-2-5-11-7-4-3-6(12-7)8(9)10/h2-4H,1,5H2. The molecule has 0 saturated heterocycles. The number of thiophene rings is 1. The fraction of sp³-hybridized carbons (Fsp3) is 0.143. The highest BCUT2D eigenvalue weighted by atomic mass is 32.2. The Balaban J connectivity index is 2.64. The van der Waals surface area contributed by atoms with Crippen LogP contribution in [0.2, 0.25) is 0 Å². The van der Waals surface area contributed by atoms with E-state index in [4.69, 9.17) is 0 Å². The minimum Gasteiger partial charge on any atom is -0.258 e. The Morgan fingerprint density at radius 2 is 2.50 bits per heavy atom. The van der Waals surface area contributed by atoms with E-state index in [9.17, 15) is 10.1 Å². The molecule has 12 heavy (non-hydrogen) atoms. The fourth-order valence-electron chi connectivity index (χ4n) is 0.627. The number of thioether (sulfide) groups is 1. The molecule has 0 unspecified atom stereocenters. The Labute approximate surface area is 78.3 Å². The van der Waals surface area contributed by atoms with Gasteiger partial charge in [-0.3, -0.25) is 10.1 Å². The summed E-state index contributed by atoms with van der Waals surface area (Å²) in [5.74, 6) is 0.789. The van der Waals surface area contributed by atoms with Crippen molar-refractivity contribution in [2.24, 2.45) is 0 Å². The first-order valence-corrected chi connectivity index (χ1v) is 5.02. The van der Waals surface area contributed by atoms with Gasteiger partial charge >= 0.3 is 5.00 Å². The molecule has 0 radical (unpaired) electrons. The number of nitrogens with zero attached hydrogens (tertiary/aromatic N) is 1. The lowest BCUT2D eigenvalue weighted by atomic mass is 10.6. The van der Waals surface area contributed by atoms with Crippen molar-refractivity contribution in [3.05, 3.63) is 34.9 Å². The van der Waals surface area contributed by atoms with Gasteiger partial charge in [-0.15, -0.1) is 18.3 Å². The first-order chi connectivity index (χ1) is 5.74. The molecule has 0 atom stereocenters. The van der Waals surface area contributed by atoms with E-state index in [-0.39, 0.29) is 9.92 Å². The zero-order chi connectivity index (χ0) is 8.97. The Morgan fingerprint density at radius 3 is 3.00 bits per heavy atom. The summed E-state index contributed by atoms with van der Waals surface area (Å²) in [6.07, 6.45) is 1.77. The number of hydrogen-bond donors (Lipinski definition) is 0. The van der Waals surface area contributed by atoms with E-state index in [2.05, 4.69) is 6.58 Å². The maximum absolute atomic E-state index is 10.3. The minimum absolute atomic E-state index is 0.196. The third kappa shape index (κ3) is 2.35. The molecule has 5 heteroatoms. The van der Waals surface area contributed by atoms with Crippen molar-refractivity contribution in [1.29, 1.82) is 0 Å². The molecular weight excluding hydrogens is 194 g/mol. The molecule has 0 N–H and O–H groups in total. The van der Waals surface area contributed by atoms with Gasteiger partial charge in [-0.25, -0.2) is 0 Å². The molecular formula is C7H7NO2S2. The van der Waals surface area contributed by atoms with Gasteiger partial charge in [-0.2, -0.15) is 0 Å². The highest BCUT2D eigenvalue weighted by Gasteiger charge is 2.08. The largest absolute Gasteiger partial charge is 0.325 e. The lowest BCUT2D eigenvalue weighted by molar-refractivity contribution is -0.380. The van der Waals surface area contributed by atoms with E-state index in [1.807, 2.05) is 0 Å². The maximum Gasteiger partial charge on any atom is 0.325 e. The molecule has 1 heterocycles. The fourth-order valence-corrected chi connectivity index (χ4v) is 2.32. The Kier molecular flexibility index (Phi) is 3.31. The number of rotatable bonds is 4. The lowest BCUT2D eigenvalue weighted by Crippen LogP contribution is -1.80. The maximum atomic E-state index is 10.3.